The van der Waals surface area contributed by atoms with Gasteiger partial charge < -0.3 is 5.32 Å². The molecule has 1 atom stereocenters. The molecule has 2 aromatic rings. The molecule has 1 N–H and O–H groups in total. The summed E-state index contributed by atoms with van der Waals surface area (Å²) >= 11 is 2.78. The van der Waals surface area contributed by atoms with Gasteiger partial charge >= 0.3 is 0 Å². The summed E-state index contributed by atoms with van der Waals surface area (Å²) in [6.07, 6.45) is 1.82. The number of hydrogen-bond donors (Lipinski definition) is 1. The van der Waals surface area contributed by atoms with Crippen LogP contribution in [0.3, 0.4) is 0 Å². The first kappa shape index (κ1) is 19.1. The molecule has 1 aromatic carbocycles. The Balaban J connectivity index is 1.70. The van der Waals surface area contributed by atoms with Crippen LogP contribution in [0.5, 0.6) is 0 Å². The van der Waals surface area contributed by atoms with E-state index in [4.69, 9.17) is 0 Å². The SMILES string of the molecule is CCNc1nnc(SCC(=O)c2ccc3c(c2)C[C@H](C)N3S(C)(=O)=O)s1. The summed E-state index contributed by atoms with van der Waals surface area (Å²) in [6.45, 7) is 4.63. The second-order valence-corrected chi connectivity index (χ2v) is 10.1. The lowest BCUT2D eigenvalue weighted by Gasteiger charge is -2.21. The van der Waals surface area contributed by atoms with Gasteiger partial charge in [0.2, 0.25) is 15.2 Å². The minimum absolute atomic E-state index is 0.0107. The van der Waals surface area contributed by atoms with E-state index in [0.29, 0.717) is 17.7 Å². The van der Waals surface area contributed by atoms with Gasteiger partial charge in [0.05, 0.1) is 17.7 Å². The van der Waals surface area contributed by atoms with E-state index in [1.165, 1.54) is 33.7 Å². The third-order valence-electron chi connectivity index (χ3n) is 3.97. The van der Waals surface area contributed by atoms with Crippen LogP contribution in [0.1, 0.15) is 29.8 Å². The van der Waals surface area contributed by atoms with Crippen molar-refractivity contribution in [3.63, 3.8) is 0 Å². The molecule has 26 heavy (non-hydrogen) atoms. The van der Waals surface area contributed by atoms with Crippen LogP contribution in [0.2, 0.25) is 0 Å². The molecular formula is C16H20N4O3S3. The van der Waals surface area contributed by atoms with Gasteiger partial charge in [-0.2, -0.15) is 0 Å². The second kappa shape index (κ2) is 7.53. The van der Waals surface area contributed by atoms with Gasteiger partial charge in [-0.3, -0.25) is 9.10 Å². The topological polar surface area (TPSA) is 92.3 Å². The molecule has 0 amide bonds. The van der Waals surface area contributed by atoms with Crippen LogP contribution >= 0.6 is 23.1 Å². The fraction of sp³-hybridized carbons (Fsp3) is 0.438. The molecule has 0 spiro atoms. The number of fused-ring (bicyclic) bond motifs is 1. The van der Waals surface area contributed by atoms with Crippen LogP contribution in [-0.2, 0) is 16.4 Å². The molecule has 10 heteroatoms. The van der Waals surface area contributed by atoms with E-state index < -0.39 is 10.0 Å². The number of aromatic nitrogens is 2. The molecule has 0 radical (unpaired) electrons. The van der Waals surface area contributed by atoms with E-state index in [9.17, 15) is 13.2 Å². The number of sulfonamides is 1. The van der Waals surface area contributed by atoms with Gasteiger partial charge in [-0.15, -0.1) is 10.2 Å². The molecule has 2 heterocycles. The molecule has 1 aromatic heterocycles. The van der Waals surface area contributed by atoms with Crippen molar-refractivity contribution in [1.82, 2.24) is 10.2 Å². The fourth-order valence-corrected chi connectivity index (χ4v) is 5.96. The minimum Gasteiger partial charge on any atom is -0.360 e. The van der Waals surface area contributed by atoms with Gasteiger partial charge in [0.15, 0.2) is 10.1 Å². The van der Waals surface area contributed by atoms with Crippen LogP contribution in [0, 0.1) is 0 Å². The maximum atomic E-state index is 12.5. The van der Waals surface area contributed by atoms with E-state index >= 15 is 0 Å². The number of nitrogens with zero attached hydrogens (tertiary/aromatic N) is 3. The lowest BCUT2D eigenvalue weighted by molar-refractivity contribution is 0.102. The lowest BCUT2D eigenvalue weighted by Crippen LogP contribution is -2.34. The summed E-state index contributed by atoms with van der Waals surface area (Å²) in [7, 11) is -3.32. The van der Waals surface area contributed by atoms with Crippen LogP contribution in [-0.4, -0.2) is 49.0 Å². The summed E-state index contributed by atoms with van der Waals surface area (Å²) in [4.78, 5) is 12.5. The van der Waals surface area contributed by atoms with Gasteiger partial charge in [-0.25, -0.2) is 8.42 Å². The second-order valence-electron chi connectivity index (χ2n) is 6.07. The highest BCUT2D eigenvalue weighted by Gasteiger charge is 2.32. The number of carbonyl (C=O) groups excluding carboxylic acids is 1. The highest BCUT2D eigenvalue weighted by atomic mass is 32.2. The summed E-state index contributed by atoms with van der Waals surface area (Å²) < 4.78 is 26.1. The van der Waals surface area contributed by atoms with E-state index in [-0.39, 0.29) is 17.6 Å². The standard InChI is InChI=1S/C16H20N4O3S3/c1-4-17-15-18-19-16(25-15)24-9-14(21)11-5-6-13-12(8-11)7-10(2)20(13)26(3,22)23/h5-6,8,10H,4,7,9H2,1-3H3,(H,17,18)/t10-/m0/s1. The Kier molecular flexibility index (Phi) is 5.54. The molecule has 1 aliphatic heterocycles. The Morgan fingerprint density at radius 3 is 2.88 bits per heavy atom. The van der Waals surface area contributed by atoms with E-state index in [1.807, 2.05) is 19.9 Å². The number of rotatable bonds is 7. The zero-order valence-corrected chi connectivity index (χ0v) is 17.2. The number of nitrogens with one attached hydrogen (secondary N) is 1. The third kappa shape index (κ3) is 4.02. The number of carbonyl (C=O) groups is 1. The summed E-state index contributed by atoms with van der Waals surface area (Å²) in [5.41, 5.74) is 2.16. The molecule has 0 bridgehead atoms. The molecule has 7 nitrogen and oxygen atoms in total. The van der Waals surface area contributed by atoms with E-state index in [0.717, 1.165) is 21.6 Å². The summed E-state index contributed by atoms with van der Waals surface area (Å²) in [6, 6.07) is 5.10. The Morgan fingerprint density at radius 2 is 2.19 bits per heavy atom. The number of Topliss-reactive ketones (excluding diaryl/α,β-unsaturated/α-hetero) is 1. The Morgan fingerprint density at radius 1 is 1.42 bits per heavy atom. The number of ketones is 1. The van der Waals surface area contributed by atoms with Crippen molar-refractivity contribution in [2.45, 2.75) is 30.6 Å². The van der Waals surface area contributed by atoms with E-state index in [1.54, 1.807) is 12.1 Å². The van der Waals surface area contributed by atoms with E-state index in [2.05, 4.69) is 15.5 Å². The largest absolute Gasteiger partial charge is 0.360 e. The zero-order chi connectivity index (χ0) is 18.9. The smallest absolute Gasteiger partial charge is 0.232 e. The van der Waals surface area contributed by atoms with Gasteiger partial charge in [0.25, 0.3) is 0 Å². The lowest BCUT2D eigenvalue weighted by atomic mass is 10.0. The molecule has 3 rings (SSSR count). The first-order chi connectivity index (χ1) is 12.3. The molecule has 0 saturated carbocycles. The van der Waals surface area contributed by atoms with Crippen molar-refractivity contribution in [3.05, 3.63) is 29.3 Å². The maximum Gasteiger partial charge on any atom is 0.232 e. The van der Waals surface area contributed by atoms with Gasteiger partial charge in [0, 0.05) is 18.2 Å². The number of hydrogen-bond acceptors (Lipinski definition) is 8. The number of anilines is 2. The average Bonchev–Trinajstić information content (AvgIpc) is 3.14. The Labute approximate surface area is 161 Å². The summed E-state index contributed by atoms with van der Waals surface area (Å²) in [5, 5.41) is 11.9. The highest BCUT2D eigenvalue weighted by molar-refractivity contribution is 8.01. The summed E-state index contributed by atoms with van der Waals surface area (Å²) in [5.74, 6) is 0.258. The predicted octanol–water partition coefficient (Wildman–Crippen LogP) is 2.66. The van der Waals surface area contributed by atoms with Crippen molar-refractivity contribution < 1.29 is 13.2 Å². The molecule has 0 fully saturated rings. The van der Waals surface area contributed by atoms with Crippen molar-refractivity contribution >= 4 is 49.7 Å². The van der Waals surface area contributed by atoms with Crippen LogP contribution < -0.4 is 9.62 Å². The van der Waals surface area contributed by atoms with Crippen molar-refractivity contribution in [2.75, 3.05) is 28.2 Å². The molecular weight excluding hydrogens is 392 g/mol. The minimum atomic E-state index is -3.32. The highest BCUT2D eigenvalue weighted by Crippen LogP contribution is 2.35. The normalized spacial score (nSPS) is 16.6. The number of thioether (sulfide) groups is 1. The number of benzene rings is 1. The third-order valence-corrected chi connectivity index (χ3v) is 7.26. The molecule has 1 aliphatic rings. The van der Waals surface area contributed by atoms with Crippen LogP contribution in [0.4, 0.5) is 10.8 Å². The molecule has 0 saturated heterocycles. The first-order valence-electron chi connectivity index (χ1n) is 8.15. The van der Waals surface area contributed by atoms with Crippen LogP contribution in [0.25, 0.3) is 0 Å². The molecule has 0 unspecified atom stereocenters. The Bertz CT molecular complexity index is 927. The van der Waals surface area contributed by atoms with Crippen molar-refractivity contribution in [3.8, 4) is 0 Å². The first-order valence-corrected chi connectivity index (χ1v) is 11.8. The monoisotopic (exact) mass is 412 g/mol. The van der Waals surface area contributed by atoms with Gasteiger partial charge in [-0.1, -0.05) is 23.1 Å². The maximum absolute atomic E-state index is 12.5. The fourth-order valence-electron chi connectivity index (χ4n) is 2.98. The van der Waals surface area contributed by atoms with Crippen LogP contribution in [0.15, 0.2) is 22.5 Å². The van der Waals surface area contributed by atoms with Gasteiger partial charge in [-0.05, 0) is 44.0 Å². The predicted molar refractivity (Wildman–Crippen MR) is 106 cm³/mol. The average molecular weight is 413 g/mol. The molecule has 140 valence electrons. The molecule has 0 aliphatic carbocycles. The zero-order valence-electron chi connectivity index (χ0n) is 14.7. The van der Waals surface area contributed by atoms with Crippen molar-refractivity contribution in [2.24, 2.45) is 0 Å². The van der Waals surface area contributed by atoms with Crippen molar-refractivity contribution in [1.29, 1.82) is 0 Å². The quantitative estimate of drug-likeness (QED) is 0.552. The Hall–Kier alpha value is -1.65. The van der Waals surface area contributed by atoms with Gasteiger partial charge in [0.1, 0.15) is 0 Å².